The summed E-state index contributed by atoms with van der Waals surface area (Å²) in [6, 6.07) is 5.80. The Morgan fingerprint density at radius 2 is 2.00 bits per heavy atom. The third-order valence-corrected chi connectivity index (χ3v) is 4.77. The highest BCUT2D eigenvalue weighted by Crippen LogP contribution is 2.23. The molecule has 0 aliphatic heterocycles. The van der Waals surface area contributed by atoms with Crippen LogP contribution in [0.5, 0.6) is 0 Å². The average molecular weight is 332 g/mol. The van der Waals surface area contributed by atoms with Crippen molar-refractivity contribution in [3.63, 3.8) is 0 Å². The molecule has 1 heterocycles. The number of carbonyl (C=O) groups is 1. The molecule has 6 nitrogen and oxygen atoms in total. The zero-order valence-corrected chi connectivity index (χ0v) is 14.5. The molecule has 1 aromatic heterocycles. The standard InChI is InChI=1S/C16H20N4O2S/c1-5-13(23-16-18-14(21)11(4)19-20-16)15(22)17-12-7-6-9(2)10(3)8-12/h6-8,13H,5H2,1-4H3,(H,17,22)(H,18,20,21). The largest absolute Gasteiger partial charge is 0.325 e. The molecule has 122 valence electrons. The second-order valence-electron chi connectivity index (χ2n) is 5.35. The predicted molar refractivity (Wildman–Crippen MR) is 91.9 cm³/mol. The molecule has 0 bridgehead atoms. The van der Waals surface area contributed by atoms with Crippen molar-refractivity contribution in [2.75, 3.05) is 5.32 Å². The maximum absolute atomic E-state index is 12.4. The number of hydrogen-bond acceptors (Lipinski definition) is 5. The molecule has 0 saturated heterocycles. The summed E-state index contributed by atoms with van der Waals surface area (Å²) in [6.07, 6.45) is 0.610. The molecule has 2 N–H and O–H groups in total. The molecule has 1 aromatic carbocycles. The van der Waals surface area contributed by atoms with Gasteiger partial charge in [-0.2, -0.15) is 0 Å². The number of aryl methyl sites for hydroxylation is 3. The van der Waals surface area contributed by atoms with Gasteiger partial charge in [-0.1, -0.05) is 24.8 Å². The van der Waals surface area contributed by atoms with Crippen LogP contribution in [0.3, 0.4) is 0 Å². The van der Waals surface area contributed by atoms with E-state index in [9.17, 15) is 9.59 Å². The summed E-state index contributed by atoms with van der Waals surface area (Å²) in [5.41, 5.74) is 3.09. The first-order chi connectivity index (χ1) is 10.9. The Labute approximate surface area is 139 Å². The van der Waals surface area contributed by atoms with Crippen LogP contribution in [-0.2, 0) is 4.79 Å². The van der Waals surface area contributed by atoms with Crippen molar-refractivity contribution in [3.8, 4) is 0 Å². The molecule has 2 rings (SSSR count). The predicted octanol–water partition coefficient (Wildman–Crippen LogP) is 2.60. The Balaban J connectivity index is 2.10. The van der Waals surface area contributed by atoms with Gasteiger partial charge in [0.15, 0.2) is 5.16 Å². The van der Waals surface area contributed by atoms with E-state index in [1.54, 1.807) is 6.92 Å². The number of carbonyl (C=O) groups excluding carboxylic acids is 1. The van der Waals surface area contributed by atoms with Gasteiger partial charge < -0.3 is 5.32 Å². The Morgan fingerprint density at radius 3 is 2.61 bits per heavy atom. The monoisotopic (exact) mass is 332 g/mol. The van der Waals surface area contributed by atoms with Crippen LogP contribution in [0, 0.1) is 20.8 Å². The third kappa shape index (κ3) is 4.41. The van der Waals surface area contributed by atoms with Crippen LogP contribution in [0.1, 0.15) is 30.2 Å². The van der Waals surface area contributed by atoms with Crippen LogP contribution < -0.4 is 10.9 Å². The van der Waals surface area contributed by atoms with Gasteiger partial charge >= 0.3 is 0 Å². The summed E-state index contributed by atoms with van der Waals surface area (Å²) >= 11 is 1.21. The zero-order valence-electron chi connectivity index (χ0n) is 13.6. The number of thioether (sulfide) groups is 1. The van der Waals surface area contributed by atoms with Crippen molar-refractivity contribution in [2.24, 2.45) is 0 Å². The summed E-state index contributed by atoms with van der Waals surface area (Å²) in [4.78, 5) is 26.6. The fourth-order valence-corrected chi connectivity index (χ4v) is 2.77. The van der Waals surface area contributed by atoms with Crippen molar-refractivity contribution in [3.05, 3.63) is 45.4 Å². The van der Waals surface area contributed by atoms with E-state index in [0.717, 1.165) is 11.3 Å². The second kappa shape index (κ2) is 7.41. The minimum absolute atomic E-state index is 0.121. The number of aromatic nitrogens is 3. The molecule has 0 radical (unpaired) electrons. The minimum Gasteiger partial charge on any atom is -0.325 e. The number of aromatic amines is 1. The van der Waals surface area contributed by atoms with E-state index in [4.69, 9.17) is 0 Å². The molecule has 0 aliphatic carbocycles. The van der Waals surface area contributed by atoms with Gasteiger partial charge in [0.05, 0.1) is 5.25 Å². The Morgan fingerprint density at radius 1 is 1.26 bits per heavy atom. The van der Waals surface area contributed by atoms with Crippen LogP contribution in [0.4, 0.5) is 5.69 Å². The van der Waals surface area contributed by atoms with E-state index in [1.807, 2.05) is 39.0 Å². The molecule has 0 saturated carbocycles. The molecule has 1 amide bonds. The van der Waals surface area contributed by atoms with Gasteiger partial charge in [0.25, 0.3) is 5.56 Å². The molecule has 7 heteroatoms. The normalized spacial score (nSPS) is 12.0. The number of hydrogen-bond donors (Lipinski definition) is 2. The van der Waals surface area contributed by atoms with Gasteiger partial charge in [0, 0.05) is 5.69 Å². The van der Waals surface area contributed by atoms with E-state index >= 15 is 0 Å². The van der Waals surface area contributed by atoms with E-state index in [1.165, 1.54) is 17.3 Å². The molecule has 1 atom stereocenters. The Kier molecular flexibility index (Phi) is 5.54. The summed E-state index contributed by atoms with van der Waals surface area (Å²) in [5, 5.41) is 10.6. The molecule has 0 fully saturated rings. The lowest BCUT2D eigenvalue weighted by Gasteiger charge is -2.14. The lowest BCUT2D eigenvalue weighted by Crippen LogP contribution is -2.25. The van der Waals surface area contributed by atoms with Crippen molar-refractivity contribution in [1.82, 2.24) is 15.2 Å². The number of H-pyrrole nitrogens is 1. The van der Waals surface area contributed by atoms with Crippen LogP contribution in [-0.4, -0.2) is 26.3 Å². The van der Waals surface area contributed by atoms with Crippen LogP contribution in [0.2, 0.25) is 0 Å². The number of rotatable bonds is 5. The summed E-state index contributed by atoms with van der Waals surface area (Å²) in [7, 11) is 0. The number of nitrogens with one attached hydrogen (secondary N) is 2. The molecule has 2 aromatic rings. The van der Waals surface area contributed by atoms with Crippen molar-refractivity contribution >= 4 is 23.4 Å². The van der Waals surface area contributed by atoms with Crippen LogP contribution >= 0.6 is 11.8 Å². The lowest BCUT2D eigenvalue weighted by atomic mass is 10.1. The van der Waals surface area contributed by atoms with Gasteiger partial charge in [-0.3, -0.25) is 14.6 Å². The van der Waals surface area contributed by atoms with Crippen LogP contribution in [0.15, 0.2) is 28.2 Å². The fraction of sp³-hybridized carbons (Fsp3) is 0.375. The maximum atomic E-state index is 12.4. The van der Waals surface area contributed by atoms with E-state index in [-0.39, 0.29) is 16.7 Å². The molecule has 0 aliphatic rings. The van der Waals surface area contributed by atoms with E-state index in [2.05, 4.69) is 20.5 Å². The van der Waals surface area contributed by atoms with E-state index in [0.29, 0.717) is 17.3 Å². The van der Waals surface area contributed by atoms with Gasteiger partial charge in [-0.15, -0.1) is 10.2 Å². The molecular weight excluding hydrogens is 312 g/mol. The van der Waals surface area contributed by atoms with Crippen LogP contribution in [0.25, 0.3) is 0 Å². The first kappa shape index (κ1) is 17.2. The maximum Gasteiger partial charge on any atom is 0.273 e. The summed E-state index contributed by atoms with van der Waals surface area (Å²) < 4.78 is 0. The van der Waals surface area contributed by atoms with Crippen molar-refractivity contribution in [1.29, 1.82) is 0 Å². The van der Waals surface area contributed by atoms with Gasteiger partial charge in [0.1, 0.15) is 5.69 Å². The lowest BCUT2D eigenvalue weighted by molar-refractivity contribution is -0.115. The summed E-state index contributed by atoms with van der Waals surface area (Å²) in [6.45, 7) is 7.53. The molecule has 23 heavy (non-hydrogen) atoms. The molecule has 1 unspecified atom stereocenters. The van der Waals surface area contributed by atoms with Crippen molar-refractivity contribution < 1.29 is 4.79 Å². The second-order valence-corrected chi connectivity index (χ2v) is 6.54. The molecule has 0 spiro atoms. The third-order valence-electron chi connectivity index (χ3n) is 3.53. The summed E-state index contributed by atoms with van der Waals surface area (Å²) in [5.74, 6) is -0.121. The van der Waals surface area contributed by atoms with Crippen molar-refractivity contribution in [2.45, 2.75) is 44.5 Å². The minimum atomic E-state index is -0.357. The van der Waals surface area contributed by atoms with E-state index < -0.39 is 0 Å². The zero-order chi connectivity index (χ0) is 17.0. The highest BCUT2D eigenvalue weighted by molar-refractivity contribution is 8.00. The highest BCUT2D eigenvalue weighted by atomic mass is 32.2. The Bertz CT molecular complexity index is 773. The number of nitrogens with zero attached hydrogens (tertiary/aromatic N) is 2. The smallest absolute Gasteiger partial charge is 0.273 e. The van der Waals surface area contributed by atoms with Gasteiger partial charge in [-0.05, 0) is 50.5 Å². The molecular formula is C16H20N4O2S. The fourth-order valence-electron chi connectivity index (χ4n) is 1.93. The SMILES string of the molecule is CCC(Sc1nnc(C)c(=O)[nH]1)C(=O)Nc1ccc(C)c(C)c1. The topological polar surface area (TPSA) is 87.7 Å². The first-order valence-electron chi connectivity index (χ1n) is 7.39. The number of anilines is 1. The van der Waals surface area contributed by atoms with Gasteiger partial charge in [-0.25, -0.2) is 0 Å². The number of amides is 1. The number of benzene rings is 1. The van der Waals surface area contributed by atoms with Gasteiger partial charge in [0.2, 0.25) is 5.91 Å². The highest BCUT2D eigenvalue weighted by Gasteiger charge is 2.20. The average Bonchev–Trinajstić information content (AvgIpc) is 2.52. The first-order valence-corrected chi connectivity index (χ1v) is 8.27. The quantitative estimate of drug-likeness (QED) is 0.822. The Hall–Kier alpha value is -2.15.